The van der Waals surface area contributed by atoms with Gasteiger partial charge in [-0.05, 0) is 52.0 Å². The van der Waals surface area contributed by atoms with E-state index in [1.165, 1.54) is 9.80 Å². The van der Waals surface area contributed by atoms with Gasteiger partial charge in [0.1, 0.15) is 0 Å². The van der Waals surface area contributed by atoms with Crippen molar-refractivity contribution in [2.45, 2.75) is 90.1 Å². The molecule has 6 heterocycles. The summed E-state index contributed by atoms with van der Waals surface area (Å²) in [7, 11) is 0. The average molecular weight is 827 g/mol. The molecule has 2 fully saturated rings. The third-order valence-corrected chi connectivity index (χ3v) is 11.7. The molecule has 0 radical (unpaired) electrons. The second-order valence-corrected chi connectivity index (χ2v) is 15.1. The predicted molar refractivity (Wildman–Crippen MR) is 204 cm³/mol. The van der Waals surface area contributed by atoms with Crippen LogP contribution in [0.1, 0.15) is 75.1 Å². The van der Waals surface area contributed by atoms with E-state index < -0.39 is 61.2 Å². The highest BCUT2D eigenvalue weighted by molar-refractivity contribution is 5.83. The van der Waals surface area contributed by atoms with Gasteiger partial charge in [0.2, 0.25) is 11.8 Å². The Hall–Kier alpha value is -4.26. The molecule has 0 bridgehead atoms. The second kappa shape index (κ2) is 18.3. The molecule has 0 aliphatic carbocycles. The second-order valence-electron chi connectivity index (χ2n) is 15.1. The first-order chi connectivity index (χ1) is 27.5. The molecule has 0 unspecified atom stereocenters. The maximum atomic E-state index is 13.0. The Morgan fingerprint density at radius 2 is 1.05 bits per heavy atom. The van der Waals surface area contributed by atoms with Gasteiger partial charge >= 0.3 is 12.4 Å². The summed E-state index contributed by atoms with van der Waals surface area (Å²) in [5.74, 6) is -2.50. The number of allylic oxidation sites excluding steroid dienone is 2. The lowest BCUT2D eigenvalue weighted by molar-refractivity contribution is -0.143. The van der Waals surface area contributed by atoms with Crippen LogP contribution in [0.25, 0.3) is 12.2 Å². The van der Waals surface area contributed by atoms with Gasteiger partial charge in [0, 0.05) is 98.7 Å². The van der Waals surface area contributed by atoms with E-state index in [2.05, 4.69) is 10.6 Å². The number of aromatic nitrogens is 2. The molecule has 0 aromatic carbocycles. The standard InChI is InChI=1S/2C20H26F3N3O3/c2*1-3-5-12-6-7-15-16-13(10-26(15)19(12)29)14(11-27)17(18(28)24-4-2)25(16)9-8-20(21,22)23/h2*3,5-7,13-14,16-17,27H,4,8-11H2,1-2H3,(H,24,28)/b5-3+;5-3-/t2*13-,14-,16+,17-/m11/s1. The maximum absolute atomic E-state index is 13.0. The van der Waals surface area contributed by atoms with Crippen molar-refractivity contribution in [2.24, 2.45) is 23.7 Å². The van der Waals surface area contributed by atoms with E-state index in [1.54, 1.807) is 85.4 Å². The number of hydrogen-bond acceptors (Lipinski definition) is 8. The number of alkyl halides is 6. The smallest absolute Gasteiger partial charge is 0.390 e. The lowest BCUT2D eigenvalue weighted by atomic mass is 9.88. The van der Waals surface area contributed by atoms with Crippen LogP contribution in [-0.4, -0.2) is 105 Å². The fourth-order valence-electron chi connectivity index (χ4n) is 9.45. The number of pyridine rings is 2. The van der Waals surface area contributed by atoms with E-state index in [1.807, 2.05) is 0 Å². The van der Waals surface area contributed by atoms with Gasteiger partial charge in [0.15, 0.2) is 0 Å². The van der Waals surface area contributed by atoms with Gasteiger partial charge < -0.3 is 30.0 Å². The van der Waals surface area contributed by atoms with Crippen LogP contribution in [-0.2, 0) is 22.7 Å². The van der Waals surface area contributed by atoms with Gasteiger partial charge in [0.25, 0.3) is 11.1 Å². The van der Waals surface area contributed by atoms with Crippen molar-refractivity contribution < 1.29 is 46.1 Å². The molecular weight excluding hydrogens is 774 g/mol. The molecule has 2 amide bonds. The summed E-state index contributed by atoms with van der Waals surface area (Å²) in [6, 6.07) is 4.04. The van der Waals surface area contributed by atoms with Gasteiger partial charge in [-0.3, -0.25) is 29.0 Å². The number of aliphatic hydroxyl groups is 2. The van der Waals surface area contributed by atoms with Crippen LogP contribution in [0.3, 0.4) is 0 Å². The highest BCUT2D eigenvalue weighted by Crippen LogP contribution is 2.51. The van der Waals surface area contributed by atoms with Crippen molar-refractivity contribution in [3.63, 3.8) is 0 Å². The van der Waals surface area contributed by atoms with Crippen molar-refractivity contribution >= 4 is 24.0 Å². The van der Waals surface area contributed by atoms with E-state index in [0.717, 1.165) is 0 Å². The number of nitrogens with zero attached hydrogens (tertiary/aromatic N) is 4. The van der Waals surface area contributed by atoms with Gasteiger partial charge in [-0.2, -0.15) is 26.3 Å². The zero-order valence-corrected chi connectivity index (χ0v) is 32.9. The molecule has 2 aromatic heterocycles. The van der Waals surface area contributed by atoms with Crippen molar-refractivity contribution in [3.05, 3.63) is 79.6 Å². The minimum atomic E-state index is -4.37. The number of likely N-dealkylation sites (tertiary alicyclic amines) is 2. The predicted octanol–water partition coefficient (Wildman–Crippen LogP) is 3.87. The van der Waals surface area contributed by atoms with E-state index >= 15 is 0 Å². The number of carbonyl (C=O) groups is 2. The molecule has 2 saturated heterocycles. The summed E-state index contributed by atoms with van der Waals surface area (Å²) in [5, 5.41) is 25.4. The molecule has 0 spiro atoms. The van der Waals surface area contributed by atoms with Gasteiger partial charge in [-0.1, -0.05) is 24.3 Å². The summed E-state index contributed by atoms with van der Waals surface area (Å²) in [5.41, 5.74) is 1.77. The van der Waals surface area contributed by atoms with Crippen LogP contribution >= 0.6 is 0 Å². The Bertz CT molecular complexity index is 1840. The number of amides is 2. The number of likely N-dealkylation sites (N-methyl/N-ethyl adjacent to an activating group) is 2. The highest BCUT2D eigenvalue weighted by atomic mass is 19.4. The molecule has 4 N–H and O–H groups in total. The first-order valence-electron chi connectivity index (χ1n) is 19.6. The molecular formula is C40H52F6N6O6. The lowest BCUT2D eigenvalue weighted by Crippen LogP contribution is -2.49. The zero-order valence-electron chi connectivity index (χ0n) is 32.9. The van der Waals surface area contributed by atoms with Crippen molar-refractivity contribution in [1.82, 2.24) is 29.6 Å². The molecule has 4 aliphatic rings. The van der Waals surface area contributed by atoms with Crippen LogP contribution in [0, 0.1) is 23.7 Å². The van der Waals surface area contributed by atoms with E-state index in [-0.39, 0.29) is 74.2 Å². The Kier molecular flexibility index (Phi) is 14.2. The van der Waals surface area contributed by atoms with Gasteiger partial charge in [-0.25, -0.2) is 0 Å². The molecule has 6 rings (SSSR count). The molecule has 8 atom stereocenters. The third kappa shape index (κ3) is 8.99. The van der Waals surface area contributed by atoms with E-state index in [9.17, 15) is 55.7 Å². The molecule has 0 saturated carbocycles. The summed E-state index contributed by atoms with van der Waals surface area (Å²) < 4.78 is 80.9. The van der Waals surface area contributed by atoms with Crippen LogP contribution < -0.4 is 21.8 Å². The first-order valence-corrected chi connectivity index (χ1v) is 19.6. The molecule has 320 valence electrons. The van der Waals surface area contributed by atoms with Gasteiger partial charge in [-0.15, -0.1) is 0 Å². The largest absolute Gasteiger partial charge is 0.396 e. The van der Waals surface area contributed by atoms with Gasteiger partial charge in [0.05, 0.1) is 37.0 Å². The molecule has 2 aromatic rings. The molecule has 12 nitrogen and oxygen atoms in total. The first kappa shape index (κ1) is 44.8. The van der Waals surface area contributed by atoms with Crippen molar-refractivity contribution in [3.8, 4) is 0 Å². The SMILES string of the molecule is C/C=C/c1ccc2n(c1=O)C[C@@H]1[C@@H](CO)[C@H](C(=O)NCC)N(CCC(F)(F)F)[C@H]21.C/C=C\c1ccc2n(c1=O)C[C@@H]1[C@@H](CO)[C@H](C(=O)NCC)N(CCC(F)(F)F)[C@H]21. The Labute approximate surface area is 332 Å². The van der Waals surface area contributed by atoms with Crippen LogP contribution in [0.4, 0.5) is 26.3 Å². The Balaban J connectivity index is 0.000000221. The molecule has 18 heteroatoms. The highest BCUT2D eigenvalue weighted by Gasteiger charge is 2.57. The van der Waals surface area contributed by atoms with E-state index in [0.29, 0.717) is 35.6 Å². The number of rotatable bonds is 12. The number of nitrogens with one attached hydrogen (secondary N) is 2. The summed E-state index contributed by atoms with van der Waals surface area (Å²) in [6.45, 7) is 6.89. The van der Waals surface area contributed by atoms with E-state index in [4.69, 9.17) is 0 Å². The quantitative estimate of drug-likeness (QED) is 0.236. The minimum absolute atomic E-state index is 0.211. The Morgan fingerprint density at radius 3 is 1.34 bits per heavy atom. The topological polar surface area (TPSA) is 149 Å². The minimum Gasteiger partial charge on any atom is -0.396 e. The Morgan fingerprint density at radius 1 is 0.690 bits per heavy atom. The lowest BCUT2D eigenvalue weighted by Gasteiger charge is -2.31. The fraction of sp³-hybridized carbons (Fsp3) is 0.600. The maximum Gasteiger partial charge on any atom is 0.390 e. The number of fused-ring (bicyclic) bond motifs is 6. The number of hydrogen-bond donors (Lipinski definition) is 4. The normalized spacial score (nSPS) is 26.7. The summed E-state index contributed by atoms with van der Waals surface area (Å²) >= 11 is 0. The van der Waals surface area contributed by atoms with Crippen LogP contribution in [0.15, 0.2) is 46.0 Å². The summed E-state index contributed by atoms with van der Waals surface area (Å²) in [6.07, 6.45) is -4.00. The number of carbonyl (C=O) groups excluding carboxylic acids is 2. The van der Waals surface area contributed by atoms with Crippen molar-refractivity contribution in [1.29, 1.82) is 0 Å². The fourth-order valence-corrected chi connectivity index (χ4v) is 9.45. The molecule has 58 heavy (non-hydrogen) atoms. The van der Waals surface area contributed by atoms with Crippen LogP contribution in [0.2, 0.25) is 0 Å². The zero-order chi connectivity index (χ0) is 42.7. The number of aliphatic hydroxyl groups excluding tert-OH is 2. The average Bonchev–Trinajstić information content (AvgIpc) is 3.89. The third-order valence-electron chi connectivity index (χ3n) is 11.7. The number of halogens is 6. The summed E-state index contributed by atoms with van der Waals surface area (Å²) in [4.78, 5) is 54.0. The van der Waals surface area contributed by atoms with Crippen molar-refractivity contribution in [2.75, 3.05) is 39.4 Å². The monoisotopic (exact) mass is 826 g/mol. The molecule has 4 aliphatic heterocycles. The van der Waals surface area contributed by atoms with Crippen LogP contribution in [0.5, 0.6) is 0 Å².